The van der Waals surface area contributed by atoms with E-state index in [0.29, 0.717) is 12.8 Å². The Balaban J connectivity index is 1.88. The van der Waals surface area contributed by atoms with Crippen molar-refractivity contribution in [3.05, 3.63) is 59.7 Å². The van der Waals surface area contributed by atoms with Crippen LogP contribution < -0.4 is 10.1 Å². The van der Waals surface area contributed by atoms with E-state index in [2.05, 4.69) is 11.2 Å². The molecule has 2 rings (SSSR count). The minimum atomic E-state index is -0.0278. The Kier molecular flexibility index (Phi) is 5.00. The normalized spacial score (nSPS) is 9.71. The molecule has 0 aliphatic rings. The van der Waals surface area contributed by atoms with E-state index < -0.39 is 0 Å². The van der Waals surface area contributed by atoms with Crippen LogP contribution in [0.25, 0.3) is 0 Å². The Morgan fingerprint density at radius 2 is 2.00 bits per heavy atom. The summed E-state index contributed by atoms with van der Waals surface area (Å²) in [6.45, 7) is 0. The van der Waals surface area contributed by atoms with Crippen molar-refractivity contribution in [2.24, 2.45) is 0 Å². The van der Waals surface area contributed by atoms with E-state index in [1.54, 1.807) is 13.2 Å². The first-order chi connectivity index (χ1) is 10.2. The van der Waals surface area contributed by atoms with Gasteiger partial charge >= 0.3 is 0 Å². The number of anilines is 1. The average molecular weight is 279 g/mol. The Morgan fingerprint density at radius 1 is 1.24 bits per heavy atom. The van der Waals surface area contributed by atoms with E-state index in [1.165, 1.54) is 0 Å². The summed E-state index contributed by atoms with van der Waals surface area (Å²) in [4.78, 5) is 11.9. The van der Waals surface area contributed by atoms with Gasteiger partial charge in [-0.05, 0) is 42.3 Å². The summed E-state index contributed by atoms with van der Waals surface area (Å²) >= 11 is 0. The molecule has 0 aromatic heterocycles. The summed E-state index contributed by atoms with van der Waals surface area (Å²) in [6.07, 6.45) is 6.44. The molecule has 0 atom stereocenters. The Hall–Kier alpha value is -2.73. The van der Waals surface area contributed by atoms with Crippen LogP contribution in [0.1, 0.15) is 17.5 Å². The third kappa shape index (κ3) is 4.39. The quantitative estimate of drug-likeness (QED) is 0.853. The van der Waals surface area contributed by atoms with Gasteiger partial charge in [-0.3, -0.25) is 4.79 Å². The lowest BCUT2D eigenvalue weighted by Gasteiger charge is -2.06. The number of carbonyl (C=O) groups is 1. The van der Waals surface area contributed by atoms with Gasteiger partial charge in [-0.15, -0.1) is 6.42 Å². The van der Waals surface area contributed by atoms with Crippen molar-refractivity contribution in [1.29, 1.82) is 0 Å². The van der Waals surface area contributed by atoms with Crippen molar-refractivity contribution in [2.75, 3.05) is 12.4 Å². The molecule has 0 fully saturated rings. The van der Waals surface area contributed by atoms with Crippen LogP contribution in [0.15, 0.2) is 48.5 Å². The fourth-order valence-electron chi connectivity index (χ4n) is 1.96. The molecule has 2 aromatic rings. The van der Waals surface area contributed by atoms with Gasteiger partial charge in [-0.25, -0.2) is 0 Å². The predicted molar refractivity (Wildman–Crippen MR) is 84.3 cm³/mol. The maximum absolute atomic E-state index is 11.9. The van der Waals surface area contributed by atoms with E-state index in [4.69, 9.17) is 11.2 Å². The van der Waals surface area contributed by atoms with E-state index in [9.17, 15) is 4.79 Å². The summed E-state index contributed by atoms with van der Waals surface area (Å²) in [7, 11) is 1.63. The molecule has 0 aliphatic heterocycles. The highest BCUT2D eigenvalue weighted by Crippen LogP contribution is 2.14. The number of aryl methyl sites for hydroxylation is 1. The molecule has 0 saturated carbocycles. The van der Waals surface area contributed by atoms with Crippen LogP contribution in [0.4, 0.5) is 5.69 Å². The minimum Gasteiger partial charge on any atom is -0.497 e. The van der Waals surface area contributed by atoms with E-state index in [-0.39, 0.29) is 5.91 Å². The summed E-state index contributed by atoms with van der Waals surface area (Å²) in [5.41, 5.74) is 2.58. The largest absolute Gasteiger partial charge is 0.497 e. The number of benzene rings is 2. The first-order valence-corrected chi connectivity index (χ1v) is 6.71. The molecule has 1 N–H and O–H groups in total. The highest BCUT2D eigenvalue weighted by molar-refractivity contribution is 5.91. The molecule has 3 nitrogen and oxygen atoms in total. The first-order valence-electron chi connectivity index (χ1n) is 6.71. The van der Waals surface area contributed by atoms with Gasteiger partial charge in [0.15, 0.2) is 0 Å². The lowest BCUT2D eigenvalue weighted by molar-refractivity contribution is -0.116. The summed E-state index contributed by atoms with van der Waals surface area (Å²) in [5, 5.41) is 2.85. The van der Waals surface area contributed by atoms with Crippen LogP contribution >= 0.6 is 0 Å². The number of hydrogen-bond donors (Lipinski definition) is 1. The van der Waals surface area contributed by atoms with Crippen LogP contribution in [0.3, 0.4) is 0 Å². The summed E-state index contributed by atoms with van der Waals surface area (Å²) in [5.74, 6) is 3.33. The van der Waals surface area contributed by atoms with Gasteiger partial charge in [0.2, 0.25) is 5.91 Å². The predicted octanol–water partition coefficient (Wildman–Crippen LogP) is 3.25. The number of terminal acetylenes is 1. The Labute approximate surface area is 125 Å². The molecule has 1 amide bonds. The highest BCUT2D eigenvalue weighted by Gasteiger charge is 2.04. The van der Waals surface area contributed by atoms with E-state index in [0.717, 1.165) is 22.6 Å². The smallest absolute Gasteiger partial charge is 0.224 e. The second kappa shape index (κ2) is 7.16. The zero-order chi connectivity index (χ0) is 15.1. The van der Waals surface area contributed by atoms with Gasteiger partial charge in [0.1, 0.15) is 5.75 Å². The maximum Gasteiger partial charge on any atom is 0.224 e. The van der Waals surface area contributed by atoms with E-state index >= 15 is 0 Å². The van der Waals surface area contributed by atoms with Gasteiger partial charge in [-0.1, -0.05) is 24.1 Å². The Morgan fingerprint density at radius 3 is 2.67 bits per heavy atom. The molecule has 0 radical (unpaired) electrons. The SMILES string of the molecule is C#Cc1cccc(NC(=O)CCc2ccc(OC)cc2)c1. The number of rotatable bonds is 5. The number of nitrogens with one attached hydrogen (secondary N) is 1. The molecule has 2 aromatic carbocycles. The van der Waals surface area contributed by atoms with Gasteiger partial charge in [-0.2, -0.15) is 0 Å². The fourth-order valence-corrected chi connectivity index (χ4v) is 1.96. The van der Waals surface area contributed by atoms with Crippen molar-refractivity contribution in [3.63, 3.8) is 0 Å². The van der Waals surface area contributed by atoms with Gasteiger partial charge in [0.25, 0.3) is 0 Å². The number of amides is 1. The molecule has 3 heteroatoms. The third-order valence-corrected chi connectivity index (χ3v) is 3.11. The lowest BCUT2D eigenvalue weighted by Crippen LogP contribution is -2.12. The molecule has 0 aliphatic carbocycles. The van der Waals surface area contributed by atoms with Crippen molar-refractivity contribution < 1.29 is 9.53 Å². The Bertz CT molecular complexity index is 654. The molecule has 21 heavy (non-hydrogen) atoms. The molecule has 0 unspecified atom stereocenters. The molecule has 106 valence electrons. The molecule has 0 saturated heterocycles. The van der Waals surface area contributed by atoms with Crippen molar-refractivity contribution in [3.8, 4) is 18.1 Å². The van der Waals surface area contributed by atoms with Crippen LogP contribution in [0, 0.1) is 12.3 Å². The van der Waals surface area contributed by atoms with Crippen molar-refractivity contribution in [2.45, 2.75) is 12.8 Å². The second-order valence-electron chi connectivity index (χ2n) is 4.62. The van der Waals surface area contributed by atoms with E-state index in [1.807, 2.05) is 42.5 Å². The summed E-state index contributed by atoms with van der Waals surface area (Å²) < 4.78 is 5.10. The van der Waals surface area contributed by atoms with Crippen molar-refractivity contribution >= 4 is 11.6 Å². The lowest BCUT2D eigenvalue weighted by atomic mass is 10.1. The summed E-state index contributed by atoms with van der Waals surface area (Å²) in [6, 6.07) is 15.0. The number of ether oxygens (including phenoxy) is 1. The van der Waals surface area contributed by atoms with Gasteiger partial charge in [0.05, 0.1) is 7.11 Å². The third-order valence-electron chi connectivity index (χ3n) is 3.11. The van der Waals surface area contributed by atoms with Gasteiger partial charge < -0.3 is 10.1 Å². The molecular weight excluding hydrogens is 262 g/mol. The van der Waals surface area contributed by atoms with Crippen LogP contribution in [0.5, 0.6) is 5.75 Å². The highest BCUT2D eigenvalue weighted by atomic mass is 16.5. The fraction of sp³-hybridized carbons (Fsp3) is 0.167. The first kappa shape index (κ1) is 14.7. The standard InChI is InChI=1S/C18H17NO2/c1-3-14-5-4-6-16(13-14)19-18(20)12-9-15-7-10-17(21-2)11-8-15/h1,4-8,10-11,13H,9,12H2,2H3,(H,19,20). The number of hydrogen-bond acceptors (Lipinski definition) is 2. The van der Waals surface area contributed by atoms with Crippen LogP contribution in [0.2, 0.25) is 0 Å². The van der Waals surface area contributed by atoms with Crippen LogP contribution in [-0.2, 0) is 11.2 Å². The monoisotopic (exact) mass is 279 g/mol. The minimum absolute atomic E-state index is 0.0278. The molecule has 0 bridgehead atoms. The second-order valence-corrected chi connectivity index (χ2v) is 4.62. The topological polar surface area (TPSA) is 38.3 Å². The zero-order valence-electron chi connectivity index (χ0n) is 11.9. The average Bonchev–Trinajstić information content (AvgIpc) is 2.53. The zero-order valence-corrected chi connectivity index (χ0v) is 11.9. The number of methoxy groups -OCH3 is 1. The van der Waals surface area contributed by atoms with Gasteiger partial charge in [0, 0.05) is 17.7 Å². The molecule has 0 spiro atoms. The van der Waals surface area contributed by atoms with Crippen molar-refractivity contribution in [1.82, 2.24) is 0 Å². The number of carbonyl (C=O) groups excluding carboxylic acids is 1. The molecule has 0 heterocycles. The van der Waals surface area contributed by atoms with Crippen LogP contribution in [-0.4, -0.2) is 13.0 Å². The molecular formula is C18H17NO2. The maximum atomic E-state index is 11.9.